The number of anilines is 1. The molecule has 0 fully saturated rings. The monoisotopic (exact) mass is 480 g/mol. The number of aromatic nitrogens is 2. The standard InChI is InChI=1S/C21H25ClN4O3S2/c1-14-9-21(23-8-7-19-15(2)25-13-30-19)24-11-20(14)31(28,29)26-10-17(12-27)16-3-5-18(22)6-4-16/h3-6,9,11,13,17,26-27H,7-8,10,12H2,1-2H3,(H,23,24). The summed E-state index contributed by atoms with van der Waals surface area (Å²) < 4.78 is 28.2. The van der Waals surface area contributed by atoms with Crippen LogP contribution in [0.3, 0.4) is 0 Å². The Morgan fingerprint density at radius 2 is 1.94 bits per heavy atom. The number of benzene rings is 1. The molecule has 1 unspecified atom stereocenters. The Labute approximate surface area is 191 Å². The molecule has 0 aliphatic rings. The Morgan fingerprint density at radius 1 is 1.19 bits per heavy atom. The minimum Gasteiger partial charge on any atom is -0.396 e. The number of halogens is 1. The lowest BCUT2D eigenvalue weighted by atomic mass is 10.0. The van der Waals surface area contributed by atoms with Crippen molar-refractivity contribution in [2.24, 2.45) is 0 Å². The molecule has 7 nitrogen and oxygen atoms in total. The summed E-state index contributed by atoms with van der Waals surface area (Å²) in [7, 11) is -3.77. The highest BCUT2D eigenvalue weighted by atomic mass is 35.5. The van der Waals surface area contributed by atoms with E-state index >= 15 is 0 Å². The Bertz CT molecular complexity index is 1120. The van der Waals surface area contributed by atoms with Crippen LogP contribution in [0.5, 0.6) is 0 Å². The SMILES string of the molecule is Cc1cc(NCCc2scnc2C)ncc1S(=O)(=O)NCC(CO)c1ccc(Cl)cc1. The van der Waals surface area contributed by atoms with Gasteiger partial charge < -0.3 is 10.4 Å². The van der Waals surface area contributed by atoms with Crippen molar-refractivity contribution in [1.29, 1.82) is 0 Å². The molecule has 2 heterocycles. The first-order valence-corrected chi connectivity index (χ1v) is 12.5. The van der Waals surface area contributed by atoms with E-state index in [1.807, 2.05) is 12.4 Å². The number of aliphatic hydroxyl groups excluding tert-OH is 1. The number of aryl methyl sites for hydroxylation is 2. The number of pyridine rings is 1. The number of sulfonamides is 1. The summed E-state index contributed by atoms with van der Waals surface area (Å²) in [5.74, 6) is 0.240. The maximum atomic E-state index is 12.8. The number of rotatable bonds is 10. The van der Waals surface area contributed by atoms with Gasteiger partial charge in [-0.05, 0) is 43.2 Å². The summed E-state index contributed by atoms with van der Waals surface area (Å²) in [5.41, 5.74) is 4.25. The van der Waals surface area contributed by atoms with Crippen LogP contribution in [-0.2, 0) is 16.4 Å². The van der Waals surface area contributed by atoms with Crippen LogP contribution in [0, 0.1) is 13.8 Å². The quantitative estimate of drug-likeness (QED) is 0.410. The zero-order chi connectivity index (χ0) is 22.4. The van der Waals surface area contributed by atoms with Gasteiger partial charge in [0.15, 0.2) is 0 Å². The van der Waals surface area contributed by atoms with Crippen molar-refractivity contribution in [3.63, 3.8) is 0 Å². The van der Waals surface area contributed by atoms with Gasteiger partial charge in [0.2, 0.25) is 10.0 Å². The molecule has 166 valence electrons. The van der Waals surface area contributed by atoms with Gasteiger partial charge >= 0.3 is 0 Å². The predicted molar refractivity (Wildman–Crippen MR) is 124 cm³/mol. The van der Waals surface area contributed by atoms with Crippen molar-refractivity contribution in [2.45, 2.75) is 31.1 Å². The lowest BCUT2D eigenvalue weighted by Gasteiger charge is -2.17. The molecule has 3 aromatic rings. The Morgan fingerprint density at radius 3 is 2.55 bits per heavy atom. The van der Waals surface area contributed by atoms with Crippen molar-refractivity contribution >= 4 is 38.8 Å². The second kappa shape index (κ2) is 10.5. The smallest absolute Gasteiger partial charge is 0.242 e. The van der Waals surface area contributed by atoms with Crippen molar-refractivity contribution in [2.75, 3.05) is 25.0 Å². The lowest BCUT2D eigenvalue weighted by Crippen LogP contribution is -2.30. The summed E-state index contributed by atoms with van der Waals surface area (Å²) in [6.45, 7) is 4.27. The largest absolute Gasteiger partial charge is 0.396 e. The van der Waals surface area contributed by atoms with Gasteiger partial charge in [0.1, 0.15) is 10.7 Å². The third-order valence-electron chi connectivity index (χ3n) is 4.94. The predicted octanol–water partition coefficient (Wildman–Crippen LogP) is 3.52. The van der Waals surface area contributed by atoms with Crippen LogP contribution in [0.4, 0.5) is 5.82 Å². The summed E-state index contributed by atoms with van der Waals surface area (Å²) in [6, 6.07) is 8.70. The minimum atomic E-state index is -3.77. The van der Waals surface area contributed by atoms with E-state index in [-0.39, 0.29) is 24.0 Å². The molecule has 3 N–H and O–H groups in total. The van der Waals surface area contributed by atoms with Crippen LogP contribution in [0.1, 0.15) is 27.6 Å². The van der Waals surface area contributed by atoms with Crippen molar-refractivity contribution in [1.82, 2.24) is 14.7 Å². The molecule has 2 aromatic heterocycles. The second-order valence-corrected chi connectivity index (χ2v) is 10.3. The Hall–Kier alpha value is -2.04. The topological polar surface area (TPSA) is 104 Å². The highest BCUT2D eigenvalue weighted by Crippen LogP contribution is 2.21. The zero-order valence-corrected chi connectivity index (χ0v) is 19.7. The highest BCUT2D eigenvalue weighted by Gasteiger charge is 2.20. The molecule has 0 amide bonds. The van der Waals surface area contributed by atoms with Gasteiger partial charge in [0.05, 0.1) is 17.8 Å². The van der Waals surface area contributed by atoms with Gasteiger partial charge in [-0.15, -0.1) is 11.3 Å². The molecule has 1 atom stereocenters. The van der Waals surface area contributed by atoms with Gasteiger partial charge in [-0.3, -0.25) is 0 Å². The van der Waals surface area contributed by atoms with E-state index in [0.717, 1.165) is 17.7 Å². The molecular weight excluding hydrogens is 456 g/mol. The van der Waals surface area contributed by atoms with Crippen LogP contribution >= 0.6 is 22.9 Å². The first-order valence-electron chi connectivity index (χ1n) is 9.75. The first-order chi connectivity index (χ1) is 14.8. The summed E-state index contributed by atoms with van der Waals surface area (Å²) >= 11 is 7.51. The van der Waals surface area contributed by atoms with E-state index in [4.69, 9.17) is 11.6 Å². The normalized spacial score (nSPS) is 12.6. The number of thiazole rings is 1. The van der Waals surface area contributed by atoms with E-state index in [1.165, 1.54) is 11.1 Å². The van der Waals surface area contributed by atoms with E-state index < -0.39 is 10.0 Å². The summed E-state index contributed by atoms with van der Waals surface area (Å²) in [5, 5.41) is 13.5. The van der Waals surface area contributed by atoms with Gasteiger partial charge in [0, 0.05) is 41.5 Å². The molecule has 0 aliphatic heterocycles. The van der Waals surface area contributed by atoms with E-state index in [1.54, 1.807) is 48.6 Å². The van der Waals surface area contributed by atoms with E-state index in [2.05, 4.69) is 20.0 Å². The van der Waals surface area contributed by atoms with Crippen LogP contribution in [0.25, 0.3) is 0 Å². The zero-order valence-electron chi connectivity index (χ0n) is 17.3. The molecule has 0 aliphatic carbocycles. The molecule has 1 aromatic carbocycles. The molecule has 0 saturated heterocycles. The molecule has 10 heteroatoms. The maximum absolute atomic E-state index is 12.8. The van der Waals surface area contributed by atoms with Crippen LogP contribution in [-0.4, -0.2) is 43.2 Å². The summed E-state index contributed by atoms with van der Waals surface area (Å²) in [6.07, 6.45) is 2.18. The third-order valence-corrected chi connectivity index (χ3v) is 7.74. The molecule has 0 bridgehead atoms. The summed E-state index contributed by atoms with van der Waals surface area (Å²) in [4.78, 5) is 9.82. The minimum absolute atomic E-state index is 0.0636. The van der Waals surface area contributed by atoms with E-state index in [9.17, 15) is 13.5 Å². The van der Waals surface area contributed by atoms with Crippen molar-refractivity contribution in [3.8, 4) is 0 Å². The van der Waals surface area contributed by atoms with Gasteiger partial charge in [-0.2, -0.15) is 0 Å². The fourth-order valence-corrected chi connectivity index (χ4v) is 5.26. The van der Waals surface area contributed by atoms with Crippen LogP contribution in [0.2, 0.25) is 5.02 Å². The van der Waals surface area contributed by atoms with Gasteiger partial charge in [-0.1, -0.05) is 23.7 Å². The van der Waals surface area contributed by atoms with E-state index in [0.29, 0.717) is 22.9 Å². The number of nitrogens with zero attached hydrogens (tertiary/aromatic N) is 2. The Kier molecular flexibility index (Phi) is 8.01. The van der Waals surface area contributed by atoms with Crippen molar-refractivity contribution in [3.05, 3.63) is 68.8 Å². The molecule has 0 radical (unpaired) electrons. The third kappa shape index (κ3) is 6.24. The number of nitrogens with one attached hydrogen (secondary N) is 2. The molecule has 3 rings (SSSR count). The molecule has 31 heavy (non-hydrogen) atoms. The number of hydrogen-bond donors (Lipinski definition) is 3. The number of aliphatic hydroxyl groups is 1. The fraction of sp³-hybridized carbons (Fsp3) is 0.333. The average molecular weight is 481 g/mol. The number of hydrogen-bond acceptors (Lipinski definition) is 7. The van der Waals surface area contributed by atoms with Gasteiger partial charge in [0.25, 0.3) is 0 Å². The molecular formula is C21H25ClN4O3S2. The average Bonchev–Trinajstić information content (AvgIpc) is 3.14. The Balaban J connectivity index is 1.62. The fourth-order valence-electron chi connectivity index (χ4n) is 3.10. The lowest BCUT2D eigenvalue weighted by molar-refractivity contribution is 0.265. The van der Waals surface area contributed by atoms with Crippen LogP contribution < -0.4 is 10.0 Å². The van der Waals surface area contributed by atoms with Crippen LogP contribution in [0.15, 0.2) is 46.9 Å². The molecule has 0 spiro atoms. The first kappa shape index (κ1) is 23.6. The van der Waals surface area contributed by atoms with Gasteiger partial charge in [-0.25, -0.2) is 23.1 Å². The highest BCUT2D eigenvalue weighted by molar-refractivity contribution is 7.89. The maximum Gasteiger partial charge on any atom is 0.242 e. The second-order valence-electron chi connectivity index (χ2n) is 7.16. The van der Waals surface area contributed by atoms with Crippen molar-refractivity contribution < 1.29 is 13.5 Å². The molecule has 0 saturated carbocycles.